The number of hydrogen-bond donors (Lipinski definition) is 0. The fraction of sp³-hybridized carbons (Fsp3) is 0.591. The summed E-state index contributed by atoms with van der Waals surface area (Å²) < 4.78 is 7.62. The van der Waals surface area contributed by atoms with Crippen LogP contribution in [0.5, 0.6) is 0 Å². The van der Waals surface area contributed by atoms with Crippen molar-refractivity contribution < 1.29 is 4.74 Å². The van der Waals surface area contributed by atoms with E-state index < -0.39 is 0 Å². The number of nitrogens with zero attached hydrogens (tertiary/aromatic N) is 4. The minimum atomic E-state index is 0.655. The smallest absolute Gasteiger partial charge is 0.0893 e. The molecule has 2 aromatic rings. The Morgan fingerprint density at radius 3 is 2.30 bits per heavy atom. The SMILES string of the molecule is c1ccc(-n2cc(N3CCC(N4CCOCC4)CC3)c(C3CCC3)n2)cc1. The van der Waals surface area contributed by atoms with Crippen molar-refractivity contribution in [1.82, 2.24) is 14.7 Å². The third-order valence-corrected chi connectivity index (χ3v) is 6.60. The normalized spacial score (nSPS) is 22.7. The molecule has 0 unspecified atom stereocenters. The van der Waals surface area contributed by atoms with Gasteiger partial charge in [0.15, 0.2) is 0 Å². The van der Waals surface area contributed by atoms with Gasteiger partial charge in [-0.1, -0.05) is 24.6 Å². The standard InChI is InChI=1S/C22H30N4O/c1-2-7-20(8-3-1)26-17-21(22(23-26)18-5-4-6-18)25-11-9-19(10-12-25)24-13-15-27-16-14-24/h1-3,7-8,17-19H,4-6,9-16H2. The first kappa shape index (κ1) is 17.3. The zero-order chi connectivity index (χ0) is 18.1. The molecule has 2 aliphatic heterocycles. The van der Waals surface area contributed by atoms with Crippen molar-refractivity contribution in [3.8, 4) is 5.69 Å². The maximum atomic E-state index is 5.52. The summed E-state index contributed by atoms with van der Waals surface area (Å²) in [6.07, 6.45) is 8.72. The Morgan fingerprint density at radius 1 is 0.889 bits per heavy atom. The molecule has 144 valence electrons. The van der Waals surface area contributed by atoms with Crippen molar-refractivity contribution >= 4 is 5.69 Å². The van der Waals surface area contributed by atoms with E-state index in [4.69, 9.17) is 9.84 Å². The fourth-order valence-electron chi connectivity index (χ4n) is 4.72. The number of aromatic nitrogens is 2. The molecular formula is C22H30N4O. The number of benzene rings is 1. The summed E-state index contributed by atoms with van der Waals surface area (Å²) in [5, 5.41) is 5.03. The molecule has 5 rings (SSSR count). The molecule has 5 heteroatoms. The number of rotatable bonds is 4. The van der Waals surface area contributed by atoms with Crippen LogP contribution in [0.3, 0.4) is 0 Å². The third kappa shape index (κ3) is 3.50. The lowest BCUT2D eigenvalue weighted by Crippen LogP contribution is -2.49. The summed E-state index contributed by atoms with van der Waals surface area (Å²) in [5.41, 5.74) is 3.87. The van der Waals surface area contributed by atoms with Crippen LogP contribution in [-0.2, 0) is 4.74 Å². The third-order valence-electron chi connectivity index (χ3n) is 6.60. The second-order valence-electron chi connectivity index (χ2n) is 8.17. The monoisotopic (exact) mass is 366 g/mol. The highest BCUT2D eigenvalue weighted by molar-refractivity contribution is 5.54. The highest BCUT2D eigenvalue weighted by Crippen LogP contribution is 2.41. The minimum absolute atomic E-state index is 0.655. The van der Waals surface area contributed by atoms with Crippen LogP contribution >= 0.6 is 0 Å². The Kier molecular flexibility index (Phi) is 4.89. The highest BCUT2D eigenvalue weighted by atomic mass is 16.5. The first-order valence-corrected chi connectivity index (χ1v) is 10.6. The van der Waals surface area contributed by atoms with Gasteiger partial charge in [0, 0.05) is 38.1 Å². The van der Waals surface area contributed by atoms with Gasteiger partial charge in [0.25, 0.3) is 0 Å². The Balaban J connectivity index is 1.34. The summed E-state index contributed by atoms with van der Waals surface area (Å²) in [6.45, 7) is 6.28. The Morgan fingerprint density at radius 2 is 1.63 bits per heavy atom. The Hall–Kier alpha value is -1.85. The van der Waals surface area contributed by atoms with Gasteiger partial charge in [-0.25, -0.2) is 4.68 Å². The van der Waals surface area contributed by atoms with Gasteiger partial charge in [0.05, 0.1) is 36.5 Å². The second kappa shape index (κ2) is 7.64. The van der Waals surface area contributed by atoms with E-state index in [0.29, 0.717) is 5.92 Å². The molecule has 2 saturated heterocycles. The van der Waals surface area contributed by atoms with Crippen LogP contribution < -0.4 is 4.90 Å². The van der Waals surface area contributed by atoms with Crippen LogP contribution in [0.4, 0.5) is 5.69 Å². The zero-order valence-corrected chi connectivity index (χ0v) is 16.1. The molecule has 3 fully saturated rings. The van der Waals surface area contributed by atoms with Crippen molar-refractivity contribution in [2.24, 2.45) is 0 Å². The van der Waals surface area contributed by atoms with Crippen LogP contribution in [0.25, 0.3) is 5.69 Å². The lowest BCUT2D eigenvalue weighted by molar-refractivity contribution is 0.0115. The van der Waals surface area contributed by atoms with Gasteiger partial charge in [-0.2, -0.15) is 5.10 Å². The summed E-state index contributed by atoms with van der Waals surface area (Å²) in [4.78, 5) is 5.23. The predicted molar refractivity (Wildman–Crippen MR) is 108 cm³/mol. The van der Waals surface area contributed by atoms with Crippen molar-refractivity contribution in [3.05, 3.63) is 42.2 Å². The first-order valence-electron chi connectivity index (χ1n) is 10.6. The molecule has 1 aliphatic carbocycles. The maximum absolute atomic E-state index is 5.52. The first-order chi connectivity index (χ1) is 13.4. The van der Waals surface area contributed by atoms with E-state index in [0.717, 1.165) is 51.1 Å². The molecule has 0 bridgehead atoms. The topological polar surface area (TPSA) is 33.5 Å². The van der Waals surface area contributed by atoms with Crippen molar-refractivity contribution in [1.29, 1.82) is 0 Å². The quantitative estimate of drug-likeness (QED) is 0.830. The van der Waals surface area contributed by atoms with Gasteiger partial charge in [0.2, 0.25) is 0 Å². The van der Waals surface area contributed by atoms with E-state index in [1.165, 1.54) is 43.5 Å². The van der Waals surface area contributed by atoms with Gasteiger partial charge < -0.3 is 9.64 Å². The molecule has 3 heterocycles. The van der Waals surface area contributed by atoms with E-state index in [1.54, 1.807) is 0 Å². The minimum Gasteiger partial charge on any atom is -0.379 e. The number of morpholine rings is 1. The van der Waals surface area contributed by atoms with E-state index in [2.05, 4.69) is 51.0 Å². The van der Waals surface area contributed by atoms with Crippen LogP contribution in [0.2, 0.25) is 0 Å². The molecule has 1 aromatic carbocycles. The molecule has 0 spiro atoms. The number of anilines is 1. The number of ether oxygens (including phenoxy) is 1. The zero-order valence-electron chi connectivity index (χ0n) is 16.1. The maximum Gasteiger partial charge on any atom is 0.0893 e. The molecule has 0 amide bonds. The van der Waals surface area contributed by atoms with Gasteiger partial charge >= 0.3 is 0 Å². The number of piperidine rings is 1. The van der Waals surface area contributed by atoms with E-state index in [9.17, 15) is 0 Å². The summed E-state index contributed by atoms with van der Waals surface area (Å²) >= 11 is 0. The molecule has 0 N–H and O–H groups in total. The van der Waals surface area contributed by atoms with Gasteiger partial charge in [-0.3, -0.25) is 4.90 Å². The summed E-state index contributed by atoms with van der Waals surface area (Å²) in [5.74, 6) is 0.655. The Bertz CT molecular complexity index is 741. The molecule has 27 heavy (non-hydrogen) atoms. The van der Waals surface area contributed by atoms with Crippen molar-refractivity contribution in [2.45, 2.75) is 44.1 Å². The molecular weight excluding hydrogens is 336 g/mol. The number of hydrogen-bond acceptors (Lipinski definition) is 4. The lowest BCUT2D eigenvalue weighted by Gasteiger charge is -2.41. The molecule has 0 radical (unpaired) electrons. The molecule has 0 atom stereocenters. The van der Waals surface area contributed by atoms with Gasteiger partial charge in [-0.05, 0) is 37.8 Å². The average molecular weight is 367 g/mol. The van der Waals surface area contributed by atoms with E-state index >= 15 is 0 Å². The number of para-hydroxylation sites is 1. The average Bonchev–Trinajstić information content (AvgIpc) is 3.13. The van der Waals surface area contributed by atoms with E-state index in [1.807, 2.05) is 0 Å². The molecule has 1 saturated carbocycles. The predicted octanol–water partition coefficient (Wildman–Crippen LogP) is 3.44. The summed E-state index contributed by atoms with van der Waals surface area (Å²) in [6, 6.07) is 11.3. The van der Waals surface area contributed by atoms with E-state index in [-0.39, 0.29) is 0 Å². The fourth-order valence-corrected chi connectivity index (χ4v) is 4.72. The highest BCUT2D eigenvalue weighted by Gasteiger charge is 2.31. The molecule has 1 aromatic heterocycles. The largest absolute Gasteiger partial charge is 0.379 e. The second-order valence-corrected chi connectivity index (χ2v) is 8.17. The van der Waals surface area contributed by atoms with Crippen LogP contribution in [-0.4, -0.2) is 60.1 Å². The van der Waals surface area contributed by atoms with Crippen LogP contribution in [0.15, 0.2) is 36.5 Å². The summed E-state index contributed by atoms with van der Waals surface area (Å²) in [7, 11) is 0. The van der Waals surface area contributed by atoms with Crippen molar-refractivity contribution in [2.75, 3.05) is 44.3 Å². The van der Waals surface area contributed by atoms with Crippen molar-refractivity contribution in [3.63, 3.8) is 0 Å². The Labute approximate surface area is 161 Å². The molecule has 5 nitrogen and oxygen atoms in total. The van der Waals surface area contributed by atoms with Gasteiger partial charge in [-0.15, -0.1) is 0 Å². The lowest BCUT2D eigenvalue weighted by atomic mass is 9.82. The van der Waals surface area contributed by atoms with Gasteiger partial charge in [0.1, 0.15) is 0 Å². The van der Waals surface area contributed by atoms with Crippen LogP contribution in [0, 0.1) is 0 Å². The molecule has 3 aliphatic rings. The van der Waals surface area contributed by atoms with Crippen LogP contribution in [0.1, 0.15) is 43.7 Å².